The van der Waals surface area contributed by atoms with Crippen LogP contribution in [0.3, 0.4) is 0 Å². The molecule has 2 heteroatoms. The lowest BCUT2D eigenvalue weighted by atomic mass is 10.2. The average Bonchev–Trinajstić information content (AvgIpc) is 2.78. The van der Waals surface area contributed by atoms with E-state index in [-0.39, 0.29) is 0 Å². The predicted molar refractivity (Wildman–Crippen MR) is 69.5 cm³/mol. The summed E-state index contributed by atoms with van der Waals surface area (Å²) >= 11 is 0. The lowest BCUT2D eigenvalue weighted by Crippen LogP contribution is -1.80. The second-order valence-corrected chi connectivity index (χ2v) is 3.85. The normalized spacial score (nSPS) is 9.88. The highest BCUT2D eigenvalue weighted by atomic mass is 16.2. The highest BCUT2D eigenvalue weighted by Gasteiger charge is 1.86. The van der Waals surface area contributed by atoms with Crippen molar-refractivity contribution in [1.82, 2.24) is 4.98 Å². The van der Waals surface area contributed by atoms with Crippen LogP contribution in [0.2, 0.25) is 0 Å². The van der Waals surface area contributed by atoms with E-state index in [9.17, 15) is 0 Å². The molecule has 0 saturated carbocycles. The summed E-state index contributed by atoms with van der Waals surface area (Å²) in [6.45, 7) is 2.53. The molecular weight excluding hydrogens is 198 g/mol. The minimum atomic E-state index is 0.361. The van der Waals surface area contributed by atoms with Crippen LogP contribution in [0.15, 0.2) is 36.5 Å². The molecule has 0 spiro atoms. The maximum Gasteiger partial charge on any atom is 0.0453 e. The van der Waals surface area contributed by atoms with Crippen molar-refractivity contribution in [3.05, 3.63) is 36.5 Å². The summed E-state index contributed by atoms with van der Waals surface area (Å²) in [5, 5.41) is 9.57. The summed E-state index contributed by atoms with van der Waals surface area (Å²) in [4.78, 5) is 3.12. The second-order valence-electron chi connectivity index (χ2n) is 3.85. The van der Waals surface area contributed by atoms with Gasteiger partial charge in [0.05, 0.1) is 0 Å². The van der Waals surface area contributed by atoms with E-state index in [0.29, 0.717) is 6.61 Å². The zero-order valence-corrected chi connectivity index (χ0v) is 9.95. The Morgan fingerprint density at radius 3 is 2.56 bits per heavy atom. The van der Waals surface area contributed by atoms with Crippen LogP contribution < -0.4 is 0 Å². The van der Waals surface area contributed by atoms with Gasteiger partial charge in [0.15, 0.2) is 0 Å². The molecule has 0 saturated heterocycles. The number of aliphatic hydroxyl groups is 1. The first-order valence-corrected chi connectivity index (χ1v) is 6.01. The molecule has 88 valence electrons. The fourth-order valence-corrected chi connectivity index (χ4v) is 1.53. The average molecular weight is 219 g/mol. The van der Waals surface area contributed by atoms with E-state index in [1.807, 2.05) is 18.3 Å². The van der Waals surface area contributed by atoms with Crippen molar-refractivity contribution in [3.8, 4) is 0 Å². The molecule has 1 heterocycles. The Hall–Kier alpha value is -1.28. The summed E-state index contributed by atoms with van der Waals surface area (Å²) in [5.41, 5.74) is 1.21. The van der Waals surface area contributed by atoms with Gasteiger partial charge in [-0.05, 0) is 23.9 Å². The second kappa shape index (κ2) is 7.94. The lowest BCUT2D eigenvalue weighted by molar-refractivity contribution is 0.283. The maximum absolute atomic E-state index is 8.29. The van der Waals surface area contributed by atoms with Crippen molar-refractivity contribution in [2.75, 3.05) is 6.61 Å². The van der Waals surface area contributed by atoms with Gasteiger partial charge in [-0.3, -0.25) is 0 Å². The van der Waals surface area contributed by atoms with Gasteiger partial charge in [0.2, 0.25) is 0 Å². The number of unbranched alkanes of at least 4 members (excludes halogenated alkanes) is 3. The zero-order chi connectivity index (χ0) is 11.6. The minimum Gasteiger partial charge on any atom is -0.396 e. The van der Waals surface area contributed by atoms with Crippen molar-refractivity contribution in [3.63, 3.8) is 0 Å². The first-order valence-electron chi connectivity index (χ1n) is 6.01. The summed E-state index contributed by atoms with van der Waals surface area (Å²) in [5.74, 6) is 0. The third-order valence-corrected chi connectivity index (χ3v) is 2.47. The SMILES string of the molecule is CCCCCCO.c1ccc2[nH]ccc2c1. The number of hydrogen-bond acceptors (Lipinski definition) is 1. The van der Waals surface area contributed by atoms with Crippen LogP contribution in [0, 0.1) is 0 Å². The fourth-order valence-electron chi connectivity index (χ4n) is 1.53. The number of benzene rings is 1. The molecule has 1 aromatic heterocycles. The molecule has 0 amide bonds. The van der Waals surface area contributed by atoms with Crippen LogP contribution in [0.5, 0.6) is 0 Å². The van der Waals surface area contributed by atoms with Crippen molar-refractivity contribution < 1.29 is 5.11 Å². The number of hydrogen-bond donors (Lipinski definition) is 2. The summed E-state index contributed by atoms with van der Waals surface area (Å²) in [6.07, 6.45) is 6.63. The number of H-pyrrole nitrogens is 1. The van der Waals surface area contributed by atoms with E-state index in [1.54, 1.807) is 0 Å². The van der Waals surface area contributed by atoms with Crippen LogP contribution in [0.1, 0.15) is 32.6 Å². The Balaban J connectivity index is 0.000000168. The molecule has 0 fully saturated rings. The number of nitrogens with one attached hydrogen (secondary N) is 1. The molecule has 1 aromatic carbocycles. The number of aromatic nitrogens is 1. The van der Waals surface area contributed by atoms with Crippen LogP contribution in [0.4, 0.5) is 0 Å². The highest BCUT2D eigenvalue weighted by Crippen LogP contribution is 2.09. The van der Waals surface area contributed by atoms with Crippen molar-refractivity contribution in [1.29, 1.82) is 0 Å². The van der Waals surface area contributed by atoms with Crippen LogP contribution in [0.25, 0.3) is 10.9 Å². The van der Waals surface area contributed by atoms with E-state index in [1.165, 1.54) is 30.2 Å². The van der Waals surface area contributed by atoms with Crippen LogP contribution in [-0.2, 0) is 0 Å². The van der Waals surface area contributed by atoms with E-state index in [2.05, 4.69) is 30.1 Å². The summed E-state index contributed by atoms with van der Waals surface area (Å²) < 4.78 is 0. The van der Waals surface area contributed by atoms with Gasteiger partial charge in [-0.15, -0.1) is 0 Å². The fraction of sp³-hybridized carbons (Fsp3) is 0.429. The Kier molecular flexibility index (Phi) is 6.35. The molecule has 0 bridgehead atoms. The molecule has 2 aromatic rings. The Morgan fingerprint density at radius 1 is 1.06 bits per heavy atom. The molecule has 0 aliphatic rings. The Bertz CT molecular complexity index is 347. The van der Waals surface area contributed by atoms with E-state index in [4.69, 9.17) is 5.11 Å². The molecule has 2 nitrogen and oxygen atoms in total. The molecule has 0 aliphatic heterocycles. The van der Waals surface area contributed by atoms with Gasteiger partial charge >= 0.3 is 0 Å². The highest BCUT2D eigenvalue weighted by molar-refractivity contribution is 5.78. The van der Waals surface area contributed by atoms with Gasteiger partial charge < -0.3 is 10.1 Å². The minimum absolute atomic E-state index is 0.361. The van der Waals surface area contributed by atoms with Crippen molar-refractivity contribution in [2.24, 2.45) is 0 Å². The molecule has 0 unspecified atom stereocenters. The number of rotatable bonds is 4. The van der Waals surface area contributed by atoms with Gasteiger partial charge in [0, 0.05) is 18.3 Å². The standard InChI is InChI=1S/C8H7N.C6H14O/c1-2-4-8-7(3-1)5-6-9-8;1-2-3-4-5-6-7/h1-6,9H;7H,2-6H2,1H3. The first-order chi connectivity index (χ1) is 7.88. The molecule has 0 aliphatic carbocycles. The van der Waals surface area contributed by atoms with Crippen LogP contribution >= 0.6 is 0 Å². The molecule has 2 rings (SSSR count). The van der Waals surface area contributed by atoms with Crippen LogP contribution in [-0.4, -0.2) is 16.7 Å². The van der Waals surface area contributed by atoms with Gasteiger partial charge in [0.1, 0.15) is 0 Å². The lowest BCUT2D eigenvalue weighted by Gasteiger charge is -1.90. The third kappa shape index (κ3) is 4.49. The van der Waals surface area contributed by atoms with E-state index < -0.39 is 0 Å². The summed E-state index contributed by atoms with van der Waals surface area (Å²) in [6, 6.07) is 10.3. The van der Waals surface area contributed by atoms with Crippen molar-refractivity contribution >= 4 is 10.9 Å². The maximum atomic E-state index is 8.29. The Morgan fingerprint density at radius 2 is 1.88 bits per heavy atom. The number of aromatic amines is 1. The summed E-state index contributed by atoms with van der Waals surface area (Å²) in [7, 11) is 0. The predicted octanol–water partition coefficient (Wildman–Crippen LogP) is 3.73. The molecule has 2 N–H and O–H groups in total. The topological polar surface area (TPSA) is 36.0 Å². The molecular formula is C14H21NO. The van der Waals surface area contributed by atoms with Crippen molar-refractivity contribution in [2.45, 2.75) is 32.6 Å². The van der Waals surface area contributed by atoms with Gasteiger partial charge in [-0.25, -0.2) is 0 Å². The van der Waals surface area contributed by atoms with Gasteiger partial charge in [-0.2, -0.15) is 0 Å². The molecule has 16 heavy (non-hydrogen) atoms. The largest absolute Gasteiger partial charge is 0.396 e. The zero-order valence-electron chi connectivity index (χ0n) is 9.95. The number of fused-ring (bicyclic) bond motifs is 1. The molecule has 0 atom stereocenters. The number of aliphatic hydroxyl groups excluding tert-OH is 1. The van der Waals surface area contributed by atoms with Gasteiger partial charge in [0.25, 0.3) is 0 Å². The third-order valence-electron chi connectivity index (χ3n) is 2.47. The quantitative estimate of drug-likeness (QED) is 0.755. The Labute approximate surface area is 97.3 Å². The van der Waals surface area contributed by atoms with E-state index >= 15 is 0 Å². The monoisotopic (exact) mass is 219 g/mol. The number of para-hydroxylation sites is 1. The smallest absolute Gasteiger partial charge is 0.0453 e. The van der Waals surface area contributed by atoms with E-state index in [0.717, 1.165) is 6.42 Å². The molecule has 0 radical (unpaired) electrons. The first kappa shape index (κ1) is 12.8. The van der Waals surface area contributed by atoms with Gasteiger partial charge in [-0.1, -0.05) is 44.4 Å².